The van der Waals surface area contributed by atoms with Crippen LogP contribution in [0.1, 0.15) is 28.2 Å². The summed E-state index contributed by atoms with van der Waals surface area (Å²) in [5.41, 5.74) is -0.348. The summed E-state index contributed by atoms with van der Waals surface area (Å²) in [7, 11) is 0. The van der Waals surface area contributed by atoms with Crippen LogP contribution >= 0.6 is 23.4 Å². The molecular weight excluding hydrogens is 517 g/mol. The Morgan fingerprint density at radius 2 is 1.83 bits per heavy atom. The fraction of sp³-hybridized carbons (Fsp3) is 0.200. The number of alkyl halides is 3. The molecule has 36 heavy (non-hydrogen) atoms. The number of fused-ring (bicyclic) bond motifs is 2. The third kappa shape index (κ3) is 3.75. The lowest BCUT2D eigenvalue weighted by Gasteiger charge is -2.29. The summed E-state index contributed by atoms with van der Waals surface area (Å²) in [6.45, 7) is -0.330. The van der Waals surface area contributed by atoms with Crippen molar-refractivity contribution >= 4 is 46.4 Å². The normalized spacial score (nSPS) is 21.3. The Balaban J connectivity index is 1.62. The largest absolute Gasteiger partial charge is 0.416 e. The molecule has 3 aromatic carbocycles. The highest BCUT2D eigenvalue weighted by Crippen LogP contribution is 2.60. The van der Waals surface area contributed by atoms with Crippen molar-refractivity contribution in [3.05, 3.63) is 104 Å². The van der Waals surface area contributed by atoms with E-state index in [1.165, 1.54) is 16.7 Å². The number of carbonyl (C=O) groups excluding carboxylic acids is 2. The van der Waals surface area contributed by atoms with Crippen molar-refractivity contribution in [1.82, 2.24) is 0 Å². The monoisotopic (exact) mass is 532 g/mol. The van der Waals surface area contributed by atoms with Crippen LogP contribution in [0.3, 0.4) is 0 Å². The summed E-state index contributed by atoms with van der Waals surface area (Å²) in [5, 5.41) is 12.0. The Morgan fingerprint density at radius 1 is 1.08 bits per heavy atom. The summed E-state index contributed by atoms with van der Waals surface area (Å²) in [5.74, 6) is -1.39. The highest BCUT2D eigenvalue weighted by atomic mass is 35.5. The minimum Gasteiger partial charge on any atom is -0.306 e. The number of nitro benzene ring substituents is 1. The standard InChI is InChI=1S/C25H16ClF3N2O4S/c26-17-5-3-4-14(10-17)22-21(32)13-36-24(22)18-6-1-2-7-19(18)30(23(24)33)12-15-8-9-16(25(27,28)29)11-20(15)31(34)35/h1-11,22H,12-13H2/t22-,24+/m0/s1. The molecule has 184 valence electrons. The van der Waals surface area contributed by atoms with Gasteiger partial charge in [-0.05, 0) is 35.9 Å². The van der Waals surface area contributed by atoms with Crippen molar-refractivity contribution in [1.29, 1.82) is 0 Å². The number of nitro groups is 1. The molecule has 2 atom stereocenters. The number of hydrogen-bond acceptors (Lipinski definition) is 5. The van der Waals surface area contributed by atoms with Gasteiger partial charge >= 0.3 is 6.18 Å². The van der Waals surface area contributed by atoms with E-state index in [4.69, 9.17) is 11.6 Å². The summed E-state index contributed by atoms with van der Waals surface area (Å²) in [6.07, 6.45) is -4.76. The van der Waals surface area contributed by atoms with Gasteiger partial charge in [-0.15, -0.1) is 11.8 Å². The first-order chi connectivity index (χ1) is 17.0. The van der Waals surface area contributed by atoms with Crippen molar-refractivity contribution in [2.24, 2.45) is 0 Å². The number of nitrogens with zero attached hydrogens (tertiary/aromatic N) is 2. The quantitative estimate of drug-likeness (QED) is 0.299. The Bertz CT molecular complexity index is 1430. The molecule has 6 nitrogen and oxygen atoms in total. The second-order valence-corrected chi connectivity index (χ2v) is 10.1. The molecule has 1 saturated heterocycles. The van der Waals surface area contributed by atoms with Crippen LogP contribution in [0.4, 0.5) is 24.5 Å². The predicted molar refractivity (Wildman–Crippen MR) is 129 cm³/mol. The van der Waals surface area contributed by atoms with E-state index in [1.807, 2.05) is 0 Å². The van der Waals surface area contributed by atoms with Gasteiger partial charge in [0, 0.05) is 27.9 Å². The Morgan fingerprint density at radius 3 is 2.53 bits per heavy atom. The Labute approximate surface area is 212 Å². The molecule has 3 aromatic rings. The topological polar surface area (TPSA) is 80.5 Å². The van der Waals surface area contributed by atoms with E-state index in [1.54, 1.807) is 48.5 Å². The molecule has 0 aliphatic carbocycles. The van der Waals surface area contributed by atoms with Gasteiger partial charge in [-0.1, -0.05) is 41.9 Å². The smallest absolute Gasteiger partial charge is 0.306 e. The van der Waals surface area contributed by atoms with E-state index >= 15 is 0 Å². The van der Waals surface area contributed by atoms with Gasteiger partial charge in [0.1, 0.15) is 4.75 Å². The van der Waals surface area contributed by atoms with Crippen LogP contribution in [0.25, 0.3) is 0 Å². The molecule has 0 aromatic heterocycles. The zero-order valence-electron chi connectivity index (χ0n) is 18.3. The molecule has 1 spiro atoms. The average Bonchev–Trinajstić information content (AvgIpc) is 3.29. The van der Waals surface area contributed by atoms with Crippen molar-refractivity contribution in [2.75, 3.05) is 10.7 Å². The lowest BCUT2D eigenvalue weighted by molar-refractivity contribution is -0.385. The van der Waals surface area contributed by atoms with Crippen LogP contribution in [0.5, 0.6) is 0 Å². The lowest BCUT2D eigenvalue weighted by atomic mass is 9.79. The van der Waals surface area contributed by atoms with Crippen molar-refractivity contribution in [3.8, 4) is 0 Å². The van der Waals surface area contributed by atoms with Crippen LogP contribution < -0.4 is 4.90 Å². The molecule has 0 bridgehead atoms. The van der Waals surface area contributed by atoms with E-state index in [0.29, 0.717) is 27.9 Å². The summed E-state index contributed by atoms with van der Waals surface area (Å²) < 4.78 is 38.2. The molecule has 2 heterocycles. The van der Waals surface area contributed by atoms with Crippen LogP contribution in [-0.2, 0) is 27.1 Å². The van der Waals surface area contributed by atoms with Crippen molar-refractivity contribution < 1.29 is 27.7 Å². The van der Waals surface area contributed by atoms with E-state index in [2.05, 4.69) is 0 Å². The highest BCUT2D eigenvalue weighted by molar-refractivity contribution is 8.02. The number of anilines is 1. The van der Waals surface area contributed by atoms with E-state index in [9.17, 15) is 32.9 Å². The predicted octanol–water partition coefficient (Wildman–Crippen LogP) is 6.11. The van der Waals surface area contributed by atoms with Crippen LogP contribution in [0, 0.1) is 10.1 Å². The number of ketones is 1. The van der Waals surface area contributed by atoms with Crippen molar-refractivity contribution in [3.63, 3.8) is 0 Å². The summed E-state index contributed by atoms with van der Waals surface area (Å²) in [6, 6.07) is 15.8. The molecule has 0 radical (unpaired) electrons. The number of Topliss-reactive ketones (excluding diaryl/α,β-unsaturated/α-hetero) is 1. The maximum atomic E-state index is 14.1. The molecule has 1 fully saturated rings. The van der Waals surface area contributed by atoms with Gasteiger partial charge in [0.15, 0.2) is 5.78 Å². The first kappa shape index (κ1) is 24.3. The second-order valence-electron chi connectivity index (χ2n) is 8.49. The first-order valence-electron chi connectivity index (χ1n) is 10.7. The minimum absolute atomic E-state index is 0.0539. The average molecular weight is 533 g/mol. The number of para-hydroxylation sites is 1. The SMILES string of the molecule is O=C1CS[C@@]2(C(=O)N(Cc3ccc(C(F)(F)F)cc3[N+](=O)[O-])c3ccccc32)[C@H]1c1cccc(Cl)c1. The number of benzene rings is 3. The van der Waals surface area contributed by atoms with Gasteiger partial charge in [-0.25, -0.2) is 0 Å². The Hall–Kier alpha value is -3.37. The van der Waals surface area contributed by atoms with Gasteiger partial charge < -0.3 is 4.90 Å². The second kappa shape index (κ2) is 8.63. The molecule has 0 N–H and O–H groups in total. The summed E-state index contributed by atoms with van der Waals surface area (Å²) >= 11 is 7.36. The van der Waals surface area contributed by atoms with Gasteiger partial charge in [-0.2, -0.15) is 13.2 Å². The molecular formula is C25H16ClF3N2O4S. The number of carbonyl (C=O) groups is 2. The van der Waals surface area contributed by atoms with Crippen LogP contribution in [0.15, 0.2) is 66.7 Å². The maximum Gasteiger partial charge on any atom is 0.416 e. The van der Waals surface area contributed by atoms with Gasteiger partial charge in [0.05, 0.1) is 28.7 Å². The summed E-state index contributed by atoms with van der Waals surface area (Å²) in [4.78, 5) is 39.3. The highest BCUT2D eigenvalue weighted by Gasteiger charge is 2.62. The van der Waals surface area contributed by atoms with Crippen LogP contribution in [0.2, 0.25) is 5.02 Å². The maximum absolute atomic E-state index is 14.1. The fourth-order valence-electron chi connectivity index (χ4n) is 4.92. The van der Waals surface area contributed by atoms with E-state index in [-0.39, 0.29) is 23.6 Å². The number of thioether (sulfide) groups is 1. The Kier molecular flexibility index (Phi) is 5.83. The first-order valence-corrected chi connectivity index (χ1v) is 12.1. The molecule has 2 aliphatic rings. The van der Waals surface area contributed by atoms with Gasteiger partial charge in [0.2, 0.25) is 5.91 Å². The number of rotatable bonds is 4. The van der Waals surface area contributed by atoms with E-state index in [0.717, 1.165) is 12.1 Å². The molecule has 1 amide bonds. The molecule has 0 unspecified atom stereocenters. The number of amides is 1. The zero-order chi connectivity index (χ0) is 25.8. The number of halogens is 4. The lowest BCUT2D eigenvalue weighted by Crippen LogP contribution is -2.41. The van der Waals surface area contributed by atoms with Gasteiger partial charge in [-0.3, -0.25) is 19.7 Å². The molecule has 5 rings (SSSR count). The molecule has 2 aliphatic heterocycles. The van der Waals surface area contributed by atoms with Gasteiger partial charge in [0.25, 0.3) is 5.69 Å². The van der Waals surface area contributed by atoms with Crippen LogP contribution in [-0.4, -0.2) is 22.4 Å². The third-order valence-electron chi connectivity index (χ3n) is 6.45. The third-order valence-corrected chi connectivity index (χ3v) is 8.20. The molecule has 0 saturated carbocycles. The fourth-order valence-corrected chi connectivity index (χ4v) is 6.65. The minimum atomic E-state index is -4.76. The molecule has 11 heteroatoms. The number of hydrogen-bond donors (Lipinski definition) is 0. The van der Waals surface area contributed by atoms with E-state index < -0.39 is 38.9 Å². The zero-order valence-corrected chi connectivity index (χ0v) is 19.9. The van der Waals surface area contributed by atoms with Crippen molar-refractivity contribution in [2.45, 2.75) is 23.4 Å².